The standard InChI is InChI=1S/C6H5ClO.CH4O/c7-5-3-1-2-4-6(5)8;1-2/h1-4,8H;2H,1H3. The number of phenolic OH excluding ortho intramolecular Hbond substituents is 1. The van der Waals surface area contributed by atoms with Gasteiger partial charge in [-0.05, 0) is 12.1 Å². The van der Waals surface area contributed by atoms with Gasteiger partial charge in [0.15, 0.2) is 0 Å². The van der Waals surface area contributed by atoms with E-state index in [1.807, 2.05) is 0 Å². The highest BCUT2D eigenvalue weighted by atomic mass is 35.5. The van der Waals surface area contributed by atoms with Gasteiger partial charge < -0.3 is 10.2 Å². The molecule has 1 aromatic carbocycles. The van der Waals surface area contributed by atoms with Gasteiger partial charge in [-0.2, -0.15) is 0 Å². The molecular formula is C7H9ClO2. The predicted octanol–water partition coefficient (Wildman–Crippen LogP) is 1.65. The molecule has 0 aliphatic heterocycles. The molecule has 0 saturated heterocycles. The lowest BCUT2D eigenvalue weighted by Crippen LogP contribution is -1.62. The number of aromatic hydroxyl groups is 1. The Bertz CT molecular complexity index is 168. The zero-order chi connectivity index (χ0) is 7.98. The van der Waals surface area contributed by atoms with E-state index in [0.29, 0.717) is 5.02 Å². The van der Waals surface area contributed by atoms with E-state index in [1.165, 1.54) is 0 Å². The Morgan fingerprint density at radius 1 is 1.20 bits per heavy atom. The molecule has 0 aliphatic carbocycles. The number of para-hydroxylation sites is 1. The first kappa shape index (κ1) is 9.27. The molecule has 0 spiro atoms. The third-order valence-corrected chi connectivity index (χ3v) is 1.17. The van der Waals surface area contributed by atoms with Crippen molar-refractivity contribution >= 4 is 11.6 Å². The summed E-state index contributed by atoms with van der Waals surface area (Å²) in [4.78, 5) is 0. The van der Waals surface area contributed by atoms with Crippen LogP contribution < -0.4 is 0 Å². The largest absolute Gasteiger partial charge is 0.506 e. The summed E-state index contributed by atoms with van der Waals surface area (Å²) in [6.45, 7) is 0. The lowest BCUT2D eigenvalue weighted by Gasteiger charge is -1.89. The first-order valence-corrected chi connectivity index (χ1v) is 3.07. The summed E-state index contributed by atoms with van der Waals surface area (Å²) in [5.41, 5.74) is 0. The molecule has 3 heteroatoms. The number of phenols is 1. The van der Waals surface area contributed by atoms with Crippen LogP contribution in [-0.2, 0) is 0 Å². The molecule has 0 amide bonds. The van der Waals surface area contributed by atoms with E-state index in [2.05, 4.69) is 0 Å². The van der Waals surface area contributed by atoms with Crippen LogP contribution in [0, 0.1) is 0 Å². The summed E-state index contributed by atoms with van der Waals surface area (Å²) in [7, 11) is 1.00. The van der Waals surface area contributed by atoms with E-state index in [9.17, 15) is 0 Å². The van der Waals surface area contributed by atoms with Crippen LogP contribution in [0.3, 0.4) is 0 Å². The van der Waals surface area contributed by atoms with Crippen molar-refractivity contribution in [2.45, 2.75) is 0 Å². The molecule has 0 atom stereocenters. The van der Waals surface area contributed by atoms with Crippen molar-refractivity contribution in [3.63, 3.8) is 0 Å². The fourth-order valence-corrected chi connectivity index (χ4v) is 0.587. The molecular weight excluding hydrogens is 152 g/mol. The molecule has 0 aromatic heterocycles. The van der Waals surface area contributed by atoms with E-state index >= 15 is 0 Å². The summed E-state index contributed by atoms with van der Waals surface area (Å²) in [6, 6.07) is 6.67. The number of rotatable bonds is 0. The number of aliphatic hydroxyl groups is 1. The van der Waals surface area contributed by atoms with Crippen LogP contribution in [0.1, 0.15) is 0 Å². The van der Waals surface area contributed by atoms with Gasteiger partial charge in [0.1, 0.15) is 5.75 Å². The summed E-state index contributed by atoms with van der Waals surface area (Å²) in [5.74, 6) is 0.133. The first-order chi connectivity index (χ1) is 4.80. The van der Waals surface area contributed by atoms with Crippen LogP contribution in [0.15, 0.2) is 24.3 Å². The number of aliphatic hydroxyl groups excluding tert-OH is 1. The van der Waals surface area contributed by atoms with Gasteiger partial charge in [-0.3, -0.25) is 0 Å². The van der Waals surface area contributed by atoms with E-state index < -0.39 is 0 Å². The normalized spacial score (nSPS) is 7.90. The van der Waals surface area contributed by atoms with E-state index in [-0.39, 0.29) is 5.75 Å². The van der Waals surface area contributed by atoms with Crippen molar-refractivity contribution in [2.24, 2.45) is 0 Å². The Morgan fingerprint density at radius 2 is 1.70 bits per heavy atom. The van der Waals surface area contributed by atoms with Crippen molar-refractivity contribution < 1.29 is 10.2 Å². The van der Waals surface area contributed by atoms with E-state index in [4.69, 9.17) is 21.8 Å². The number of hydrogen-bond acceptors (Lipinski definition) is 2. The Balaban J connectivity index is 0.000000371. The van der Waals surface area contributed by atoms with Gasteiger partial charge in [0.2, 0.25) is 0 Å². The average Bonchev–Trinajstić information content (AvgIpc) is 2.00. The SMILES string of the molecule is CO.Oc1ccccc1Cl. The topological polar surface area (TPSA) is 40.5 Å². The van der Waals surface area contributed by atoms with Gasteiger partial charge in [0.05, 0.1) is 5.02 Å². The molecule has 0 heterocycles. The fourth-order valence-electron chi connectivity index (χ4n) is 0.452. The molecule has 1 rings (SSSR count). The monoisotopic (exact) mass is 160 g/mol. The maximum atomic E-state index is 8.79. The second kappa shape index (κ2) is 5.09. The van der Waals surface area contributed by atoms with Crippen LogP contribution in [0.5, 0.6) is 5.75 Å². The highest BCUT2D eigenvalue weighted by Gasteiger charge is 1.89. The van der Waals surface area contributed by atoms with Crippen LogP contribution >= 0.6 is 11.6 Å². The van der Waals surface area contributed by atoms with Crippen molar-refractivity contribution in [1.82, 2.24) is 0 Å². The van der Waals surface area contributed by atoms with Gasteiger partial charge in [-0.25, -0.2) is 0 Å². The molecule has 0 bridgehead atoms. The third kappa shape index (κ3) is 2.71. The zero-order valence-electron chi connectivity index (χ0n) is 5.58. The van der Waals surface area contributed by atoms with Crippen LogP contribution in [-0.4, -0.2) is 17.3 Å². The van der Waals surface area contributed by atoms with Crippen LogP contribution in [0.2, 0.25) is 5.02 Å². The van der Waals surface area contributed by atoms with Crippen molar-refractivity contribution in [3.8, 4) is 5.75 Å². The minimum Gasteiger partial charge on any atom is -0.506 e. The molecule has 1 aromatic rings. The zero-order valence-corrected chi connectivity index (χ0v) is 6.34. The minimum atomic E-state index is 0.133. The molecule has 0 fully saturated rings. The Labute approximate surface area is 64.7 Å². The molecule has 0 saturated carbocycles. The van der Waals surface area contributed by atoms with Crippen molar-refractivity contribution in [1.29, 1.82) is 0 Å². The Hall–Kier alpha value is -0.730. The molecule has 0 unspecified atom stereocenters. The predicted molar refractivity (Wildman–Crippen MR) is 41.3 cm³/mol. The van der Waals surface area contributed by atoms with Gasteiger partial charge in [-0.15, -0.1) is 0 Å². The summed E-state index contributed by atoms with van der Waals surface area (Å²) in [6.07, 6.45) is 0. The fraction of sp³-hybridized carbons (Fsp3) is 0.143. The van der Waals surface area contributed by atoms with Gasteiger partial charge >= 0.3 is 0 Å². The minimum absolute atomic E-state index is 0.133. The lowest BCUT2D eigenvalue weighted by molar-refractivity contribution is 0.399. The summed E-state index contributed by atoms with van der Waals surface area (Å²) >= 11 is 5.46. The second-order valence-corrected chi connectivity index (χ2v) is 1.86. The number of halogens is 1. The van der Waals surface area contributed by atoms with Crippen molar-refractivity contribution in [2.75, 3.05) is 7.11 Å². The van der Waals surface area contributed by atoms with E-state index in [0.717, 1.165) is 7.11 Å². The smallest absolute Gasteiger partial charge is 0.134 e. The molecule has 0 radical (unpaired) electrons. The molecule has 2 N–H and O–H groups in total. The molecule has 10 heavy (non-hydrogen) atoms. The Morgan fingerprint density at radius 3 is 2.00 bits per heavy atom. The maximum Gasteiger partial charge on any atom is 0.134 e. The maximum absolute atomic E-state index is 8.79. The van der Waals surface area contributed by atoms with Crippen molar-refractivity contribution in [3.05, 3.63) is 29.3 Å². The summed E-state index contributed by atoms with van der Waals surface area (Å²) < 4.78 is 0. The second-order valence-electron chi connectivity index (χ2n) is 1.45. The lowest BCUT2D eigenvalue weighted by atomic mass is 10.3. The van der Waals surface area contributed by atoms with Crippen LogP contribution in [0.25, 0.3) is 0 Å². The van der Waals surface area contributed by atoms with E-state index in [1.54, 1.807) is 24.3 Å². The number of benzene rings is 1. The molecule has 56 valence electrons. The molecule has 0 aliphatic rings. The quantitative estimate of drug-likeness (QED) is 0.606. The van der Waals surface area contributed by atoms with Crippen LogP contribution in [0.4, 0.5) is 0 Å². The third-order valence-electron chi connectivity index (χ3n) is 0.852. The van der Waals surface area contributed by atoms with Gasteiger partial charge in [0.25, 0.3) is 0 Å². The van der Waals surface area contributed by atoms with Gasteiger partial charge in [0, 0.05) is 7.11 Å². The molecule has 2 nitrogen and oxygen atoms in total. The first-order valence-electron chi connectivity index (χ1n) is 2.69. The average molecular weight is 161 g/mol. The highest BCUT2D eigenvalue weighted by Crippen LogP contribution is 2.20. The summed E-state index contributed by atoms with van der Waals surface area (Å²) in [5, 5.41) is 16.2. The van der Waals surface area contributed by atoms with Gasteiger partial charge in [-0.1, -0.05) is 23.7 Å². The Kier molecular flexibility index (Phi) is 4.72. The number of hydrogen-bond donors (Lipinski definition) is 2. The highest BCUT2D eigenvalue weighted by molar-refractivity contribution is 6.31.